The third kappa shape index (κ3) is 4.34. The van der Waals surface area contributed by atoms with E-state index in [2.05, 4.69) is 4.98 Å². The highest BCUT2D eigenvalue weighted by molar-refractivity contribution is 6.32. The molecule has 0 saturated heterocycles. The van der Waals surface area contributed by atoms with E-state index in [1.165, 1.54) is 20.3 Å². The van der Waals surface area contributed by atoms with E-state index in [1.54, 1.807) is 39.0 Å². The fourth-order valence-electron chi connectivity index (χ4n) is 2.82. The Morgan fingerprint density at radius 1 is 1.19 bits per heavy atom. The van der Waals surface area contributed by atoms with Crippen LogP contribution in [0.2, 0.25) is 5.02 Å². The fraction of sp³-hybridized carbons (Fsp3) is 0.300. The average Bonchev–Trinajstić information content (AvgIpc) is 2.93. The van der Waals surface area contributed by atoms with E-state index in [0.717, 1.165) is 0 Å². The lowest BCUT2D eigenvalue weighted by Gasteiger charge is -2.10. The molecule has 0 bridgehead atoms. The summed E-state index contributed by atoms with van der Waals surface area (Å²) in [4.78, 5) is 27.6. The van der Waals surface area contributed by atoms with E-state index < -0.39 is 5.97 Å². The third-order valence-corrected chi connectivity index (χ3v) is 4.33. The standard InChI is InChI=1S/C20H22ClNO5/c1-6-27-20(24)18-11(2)17(12(3)22-18)15(23)8-7-13-9-14(21)19(26-5)16(10-13)25-4/h7-10,22H,6H2,1-5H3. The molecule has 27 heavy (non-hydrogen) atoms. The van der Waals surface area contributed by atoms with E-state index in [4.69, 9.17) is 25.8 Å². The van der Waals surface area contributed by atoms with E-state index in [-0.39, 0.29) is 12.4 Å². The Bertz CT molecular complexity index is 898. The monoisotopic (exact) mass is 391 g/mol. The maximum atomic E-state index is 12.7. The van der Waals surface area contributed by atoms with Gasteiger partial charge in [-0.25, -0.2) is 4.79 Å². The van der Waals surface area contributed by atoms with Gasteiger partial charge < -0.3 is 19.2 Å². The van der Waals surface area contributed by atoms with Crippen LogP contribution in [0.5, 0.6) is 11.5 Å². The summed E-state index contributed by atoms with van der Waals surface area (Å²) < 4.78 is 15.5. The number of carbonyl (C=O) groups is 2. The topological polar surface area (TPSA) is 77.6 Å². The number of methoxy groups -OCH3 is 2. The number of aromatic amines is 1. The Hall–Kier alpha value is -2.73. The molecule has 2 aromatic rings. The molecule has 0 saturated carbocycles. The number of hydrogen-bond acceptors (Lipinski definition) is 5. The van der Waals surface area contributed by atoms with Crippen molar-refractivity contribution in [1.82, 2.24) is 4.98 Å². The molecule has 0 atom stereocenters. The molecule has 0 aliphatic heterocycles. The van der Waals surface area contributed by atoms with Crippen molar-refractivity contribution in [3.05, 3.63) is 51.3 Å². The number of nitrogens with one attached hydrogen (secondary N) is 1. The number of aryl methyl sites for hydroxylation is 1. The molecule has 1 aromatic heterocycles. The molecule has 0 radical (unpaired) electrons. The van der Waals surface area contributed by atoms with Gasteiger partial charge in [-0.05, 0) is 50.1 Å². The smallest absolute Gasteiger partial charge is 0.355 e. The van der Waals surface area contributed by atoms with E-state index >= 15 is 0 Å². The van der Waals surface area contributed by atoms with Crippen molar-refractivity contribution in [2.24, 2.45) is 0 Å². The molecule has 0 aliphatic rings. The van der Waals surface area contributed by atoms with Gasteiger partial charge in [-0.2, -0.15) is 0 Å². The van der Waals surface area contributed by atoms with Crippen LogP contribution in [-0.4, -0.2) is 37.6 Å². The Balaban J connectivity index is 2.33. The fourth-order valence-corrected chi connectivity index (χ4v) is 3.11. The number of H-pyrrole nitrogens is 1. The number of benzene rings is 1. The van der Waals surface area contributed by atoms with Crippen LogP contribution in [0.4, 0.5) is 0 Å². The summed E-state index contributed by atoms with van der Waals surface area (Å²) >= 11 is 6.18. The van der Waals surface area contributed by atoms with Crippen LogP contribution in [-0.2, 0) is 4.74 Å². The second kappa shape index (κ2) is 8.77. The minimum Gasteiger partial charge on any atom is -0.493 e. The second-order valence-corrected chi connectivity index (χ2v) is 6.19. The molecule has 0 unspecified atom stereocenters. The zero-order valence-electron chi connectivity index (χ0n) is 15.9. The average molecular weight is 392 g/mol. The molecule has 1 heterocycles. The highest BCUT2D eigenvalue weighted by atomic mass is 35.5. The molecule has 0 aliphatic carbocycles. The summed E-state index contributed by atoms with van der Waals surface area (Å²) in [7, 11) is 3.01. The van der Waals surface area contributed by atoms with E-state index in [9.17, 15) is 9.59 Å². The molecule has 0 spiro atoms. The van der Waals surface area contributed by atoms with Crippen molar-refractivity contribution in [1.29, 1.82) is 0 Å². The normalized spacial score (nSPS) is 10.9. The number of ketones is 1. The number of hydrogen-bond donors (Lipinski definition) is 1. The first kappa shape index (κ1) is 20.6. The first-order valence-corrected chi connectivity index (χ1v) is 8.72. The number of halogens is 1. The van der Waals surface area contributed by atoms with Gasteiger partial charge in [0.15, 0.2) is 17.3 Å². The molecule has 6 nitrogen and oxygen atoms in total. The lowest BCUT2D eigenvalue weighted by atomic mass is 10.0. The van der Waals surface area contributed by atoms with Gasteiger partial charge in [0, 0.05) is 11.3 Å². The SMILES string of the molecule is CCOC(=O)c1[nH]c(C)c(C(=O)C=Cc2cc(Cl)c(OC)c(OC)c2)c1C. The maximum Gasteiger partial charge on any atom is 0.355 e. The Morgan fingerprint density at radius 3 is 2.48 bits per heavy atom. The van der Waals surface area contributed by atoms with Crippen molar-refractivity contribution in [2.75, 3.05) is 20.8 Å². The van der Waals surface area contributed by atoms with Crippen molar-refractivity contribution < 1.29 is 23.8 Å². The van der Waals surface area contributed by atoms with Crippen LogP contribution < -0.4 is 9.47 Å². The molecular weight excluding hydrogens is 370 g/mol. The van der Waals surface area contributed by atoms with Crippen molar-refractivity contribution in [2.45, 2.75) is 20.8 Å². The predicted octanol–water partition coefficient (Wildman–Crippen LogP) is 4.37. The highest BCUT2D eigenvalue weighted by Crippen LogP contribution is 2.36. The lowest BCUT2D eigenvalue weighted by molar-refractivity contribution is 0.0519. The van der Waals surface area contributed by atoms with Gasteiger partial charge in [0.2, 0.25) is 0 Å². The maximum absolute atomic E-state index is 12.7. The predicted molar refractivity (Wildman–Crippen MR) is 104 cm³/mol. The van der Waals surface area contributed by atoms with E-state index in [0.29, 0.717) is 44.6 Å². The molecule has 144 valence electrons. The Labute approximate surface area is 163 Å². The number of rotatable bonds is 7. The molecule has 2 rings (SSSR count). The van der Waals surface area contributed by atoms with Crippen LogP contribution in [0.3, 0.4) is 0 Å². The molecule has 1 aromatic carbocycles. The Morgan fingerprint density at radius 2 is 1.89 bits per heavy atom. The van der Waals surface area contributed by atoms with Gasteiger partial charge in [-0.3, -0.25) is 4.79 Å². The zero-order valence-corrected chi connectivity index (χ0v) is 16.7. The second-order valence-electron chi connectivity index (χ2n) is 5.78. The summed E-state index contributed by atoms with van der Waals surface area (Å²) in [6.07, 6.45) is 3.06. The minimum atomic E-state index is -0.479. The summed E-state index contributed by atoms with van der Waals surface area (Å²) in [5.74, 6) is 0.185. The summed E-state index contributed by atoms with van der Waals surface area (Å²) in [6.45, 7) is 5.44. The van der Waals surface area contributed by atoms with Crippen LogP contribution in [0.25, 0.3) is 6.08 Å². The van der Waals surface area contributed by atoms with Crippen molar-refractivity contribution in [3.63, 3.8) is 0 Å². The van der Waals surface area contributed by atoms with E-state index in [1.807, 2.05) is 0 Å². The zero-order chi connectivity index (χ0) is 20.1. The van der Waals surface area contributed by atoms with Crippen LogP contribution in [0.15, 0.2) is 18.2 Å². The molecule has 7 heteroatoms. The van der Waals surface area contributed by atoms with Crippen LogP contribution in [0, 0.1) is 13.8 Å². The first-order valence-electron chi connectivity index (χ1n) is 8.34. The molecule has 0 amide bonds. The van der Waals surface area contributed by atoms with Crippen LogP contribution >= 0.6 is 11.6 Å². The van der Waals surface area contributed by atoms with Gasteiger partial charge in [0.25, 0.3) is 0 Å². The van der Waals surface area contributed by atoms with Gasteiger partial charge in [-0.15, -0.1) is 0 Å². The highest BCUT2D eigenvalue weighted by Gasteiger charge is 2.21. The minimum absolute atomic E-state index is 0.234. The Kier molecular flexibility index (Phi) is 6.69. The third-order valence-electron chi connectivity index (χ3n) is 4.05. The molecule has 1 N–H and O–H groups in total. The number of carbonyl (C=O) groups excluding carboxylic acids is 2. The number of aromatic nitrogens is 1. The van der Waals surface area contributed by atoms with Crippen molar-refractivity contribution in [3.8, 4) is 11.5 Å². The van der Waals surface area contributed by atoms with Gasteiger partial charge in [0.05, 0.1) is 25.8 Å². The summed E-state index contributed by atoms with van der Waals surface area (Å²) in [6, 6.07) is 3.39. The van der Waals surface area contributed by atoms with Crippen LogP contribution in [0.1, 0.15) is 44.6 Å². The summed E-state index contributed by atoms with van der Waals surface area (Å²) in [5.41, 5.74) is 2.59. The number of allylic oxidation sites excluding steroid dienone is 1. The molecular formula is C20H22ClNO5. The molecule has 0 fully saturated rings. The summed E-state index contributed by atoms with van der Waals surface area (Å²) in [5, 5.41) is 0.377. The quantitative estimate of drug-likeness (QED) is 0.430. The lowest BCUT2D eigenvalue weighted by Crippen LogP contribution is -2.07. The van der Waals surface area contributed by atoms with Crippen molar-refractivity contribution >= 4 is 29.4 Å². The van der Waals surface area contributed by atoms with Gasteiger partial charge >= 0.3 is 5.97 Å². The largest absolute Gasteiger partial charge is 0.493 e. The van der Waals surface area contributed by atoms with Gasteiger partial charge in [0.1, 0.15) is 5.69 Å². The van der Waals surface area contributed by atoms with Gasteiger partial charge in [-0.1, -0.05) is 17.7 Å². The number of ether oxygens (including phenoxy) is 3. The first-order chi connectivity index (χ1) is 12.8. The number of esters is 1.